The Labute approximate surface area is 139 Å². The van der Waals surface area contributed by atoms with Gasteiger partial charge in [0, 0.05) is 0 Å². The van der Waals surface area contributed by atoms with E-state index in [2.05, 4.69) is 29.2 Å². The van der Waals surface area contributed by atoms with E-state index >= 15 is 0 Å². The zero-order chi connectivity index (χ0) is 17.5. The second-order valence-electron chi connectivity index (χ2n) is 6.45. The molecule has 0 atom stereocenters. The molecule has 1 saturated carbocycles. The second-order valence-corrected chi connectivity index (χ2v) is 6.45. The van der Waals surface area contributed by atoms with Crippen LogP contribution in [0.5, 0.6) is 0 Å². The monoisotopic (exact) mass is 328 g/mol. The first-order chi connectivity index (χ1) is 11.3. The summed E-state index contributed by atoms with van der Waals surface area (Å²) in [4.78, 5) is 27.7. The fourth-order valence-corrected chi connectivity index (χ4v) is 2.67. The number of aryl methyl sites for hydroxylation is 1. The Kier molecular flexibility index (Phi) is 3.87. The number of nitrogens with one attached hydrogen (secondary N) is 1. The Morgan fingerprint density at radius 1 is 1.29 bits per heavy atom. The van der Waals surface area contributed by atoms with Crippen molar-refractivity contribution in [3.63, 3.8) is 0 Å². The normalized spacial score (nSPS) is 15.3. The van der Waals surface area contributed by atoms with Gasteiger partial charge in [0.25, 0.3) is 5.91 Å². The average Bonchev–Trinajstić information content (AvgIpc) is 3.22. The molecule has 0 bridgehead atoms. The van der Waals surface area contributed by atoms with Crippen LogP contribution in [0.25, 0.3) is 5.69 Å². The number of carbonyl (C=O) groups is 2. The van der Waals surface area contributed by atoms with E-state index in [-0.39, 0.29) is 5.82 Å². The Bertz CT molecular complexity index is 806. The number of hydrogen-bond acceptors (Lipinski definition) is 4. The number of carboxylic acid groups (broad SMARTS) is 1. The van der Waals surface area contributed by atoms with Crippen LogP contribution in [0.3, 0.4) is 0 Å². The highest BCUT2D eigenvalue weighted by atomic mass is 16.4. The van der Waals surface area contributed by atoms with E-state index < -0.39 is 17.4 Å². The van der Waals surface area contributed by atoms with Gasteiger partial charge in [0.15, 0.2) is 0 Å². The zero-order valence-electron chi connectivity index (χ0n) is 13.9. The minimum absolute atomic E-state index is 0.0152. The Morgan fingerprint density at radius 3 is 2.54 bits per heavy atom. The first-order valence-corrected chi connectivity index (χ1v) is 7.93. The minimum Gasteiger partial charge on any atom is -0.480 e. The third-order valence-corrected chi connectivity index (χ3v) is 4.27. The molecule has 1 aliphatic rings. The minimum atomic E-state index is -1.15. The van der Waals surface area contributed by atoms with E-state index in [1.165, 1.54) is 0 Å². The van der Waals surface area contributed by atoms with Gasteiger partial charge in [-0.2, -0.15) is 0 Å². The summed E-state index contributed by atoms with van der Waals surface area (Å²) in [7, 11) is 0. The van der Waals surface area contributed by atoms with Crippen molar-refractivity contribution in [1.82, 2.24) is 20.1 Å². The summed E-state index contributed by atoms with van der Waals surface area (Å²) in [6.45, 7) is 5.94. The number of carboxylic acids is 1. The van der Waals surface area contributed by atoms with Gasteiger partial charge in [-0.3, -0.25) is 4.79 Å². The molecule has 7 heteroatoms. The molecule has 0 unspecified atom stereocenters. The van der Waals surface area contributed by atoms with Gasteiger partial charge in [-0.25, -0.2) is 14.5 Å². The molecule has 2 N–H and O–H groups in total. The molecule has 1 aliphatic carbocycles. The van der Waals surface area contributed by atoms with Crippen LogP contribution in [0.1, 0.15) is 54.6 Å². The van der Waals surface area contributed by atoms with E-state index in [9.17, 15) is 14.7 Å². The number of nitrogens with zero attached hydrogens (tertiary/aromatic N) is 3. The average molecular weight is 328 g/mol. The quantitative estimate of drug-likeness (QED) is 0.875. The predicted molar refractivity (Wildman–Crippen MR) is 87.3 cm³/mol. The smallest absolute Gasteiger partial charge is 0.329 e. The number of hydrogen-bond donors (Lipinski definition) is 2. The van der Waals surface area contributed by atoms with Gasteiger partial charge < -0.3 is 10.4 Å². The van der Waals surface area contributed by atoms with Crippen LogP contribution in [0.2, 0.25) is 0 Å². The Morgan fingerprint density at radius 2 is 1.96 bits per heavy atom. The van der Waals surface area contributed by atoms with Crippen LogP contribution in [-0.4, -0.2) is 37.3 Å². The standard InChI is InChI=1S/C17H20N4O3/c1-10(2)12-6-4-5-7-13(12)21-11(3)18-14(20-21)15(22)19-17(8-9-17)16(23)24/h4-7,10H,8-9H2,1-3H3,(H,19,22)(H,23,24). The van der Waals surface area contributed by atoms with Gasteiger partial charge in [0.1, 0.15) is 11.4 Å². The van der Waals surface area contributed by atoms with Crippen molar-refractivity contribution in [3.05, 3.63) is 41.5 Å². The number of benzene rings is 1. The number of aliphatic carboxylic acids is 1. The summed E-state index contributed by atoms with van der Waals surface area (Å²) in [6, 6.07) is 7.82. The lowest BCUT2D eigenvalue weighted by atomic mass is 10.0. The number of amides is 1. The Balaban J connectivity index is 1.91. The van der Waals surface area contributed by atoms with Crippen molar-refractivity contribution >= 4 is 11.9 Å². The van der Waals surface area contributed by atoms with Gasteiger partial charge >= 0.3 is 5.97 Å². The van der Waals surface area contributed by atoms with E-state index in [1.54, 1.807) is 11.6 Å². The fourth-order valence-electron chi connectivity index (χ4n) is 2.67. The molecule has 3 rings (SSSR count). The largest absolute Gasteiger partial charge is 0.480 e. The highest BCUT2D eigenvalue weighted by Gasteiger charge is 2.52. The topological polar surface area (TPSA) is 97.1 Å². The molecule has 1 aromatic carbocycles. The lowest BCUT2D eigenvalue weighted by Crippen LogP contribution is -2.43. The van der Waals surface area contributed by atoms with E-state index in [4.69, 9.17) is 0 Å². The highest BCUT2D eigenvalue weighted by Crippen LogP contribution is 2.35. The first kappa shape index (κ1) is 16.2. The molecular formula is C17H20N4O3. The van der Waals surface area contributed by atoms with Gasteiger partial charge in [0.05, 0.1) is 5.69 Å². The Hall–Kier alpha value is -2.70. The maximum atomic E-state index is 12.3. The third kappa shape index (κ3) is 2.77. The molecule has 0 spiro atoms. The van der Waals surface area contributed by atoms with Crippen molar-refractivity contribution in [1.29, 1.82) is 0 Å². The van der Waals surface area contributed by atoms with Crippen LogP contribution in [0.15, 0.2) is 24.3 Å². The van der Waals surface area contributed by atoms with E-state index in [0.29, 0.717) is 24.6 Å². The lowest BCUT2D eigenvalue weighted by Gasteiger charge is -2.13. The lowest BCUT2D eigenvalue weighted by molar-refractivity contribution is -0.140. The maximum Gasteiger partial charge on any atom is 0.329 e. The van der Waals surface area contributed by atoms with Gasteiger partial charge in [-0.15, -0.1) is 5.10 Å². The summed E-state index contributed by atoms with van der Waals surface area (Å²) in [5.41, 5.74) is 0.823. The van der Waals surface area contributed by atoms with Crippen LogP contribution in [-0.2, 0) is 4.79 Å². The van der Waals surface area contributed by atoms with Crippen molar-refractivity contribution in [2.45, 2.75) is 45.1 Å². The number of carbonyl (C=O) groups excluding carboxylic acids is 1. The maximum absolute atomic E-state index is 12.3. The second kappa shape index (κ2) is 5.74. The third-order valence-electron chi connectivity index (χ3n) is 4.27. The fraction of sp³-hybridized carbons (Fsp3) is 0.412. The summed E-state index contributed by atoms with van der Waals surface area (Å²) >= 11 is 0. The molecule has 126 valence electrons. The molecule has 2 aromatic rings. The number of aromatic nitrogens is 3. The molecule has 1 aromatic heterocycles. The zero-order valence-corrected chi connectivity index (χ0v) is 13.9. The van der Waals surface area contributed by atoms with Crippen LogP contribution in [0.4, 0.5) is 0 Å². The van der Waals surface area contributed by atoms with Crippen LogP contribution < -0.4 is 5.32 Å². The number of rotatable bonds is 5. The van der Waals surface area contributed by atoms with Crippen molar-refractivity contribution in [2.75, 3.05) is 0 Å². The van der Waals surface area contributed by atoms with E-state index in [0.717, 1.165) is 11.3 Å². The van der Waals surface area contributed by atoms with Crippen molar-refractivity contribution in [2.24, 2.45) is 0 Å². The van der Waals surface area contributed by atoms with Gasteiger partial charge in [0.2, 0.25) is 5.82 Å². The molecule has 1 amide bonds. The van der Waals surface area contributed by atoms with Gasteiger partial charge in [-0.05, 0) is 37.3 Å². The summed E-state index contributed by atoms with van der Waals surface area (Å²) < 4.78 is 1.63. The molecule has 0 radical (unpaired) electrons. The highest BCUT2D eigenvalue weighted by molar-refractivity contribution is 5.96. The van der Waals surface area contributed by atoms with Crippen molar-refractivity contribution < 1.29 is 14.7 Å². The van der Waals surface area contributed by atoms with Crippen LogP contribution in [0, 0.1) is 6.92 Å². The van der Waals surface area contributed by atoms with Gasteiger partial charge in [-0.1, -0.05) is 32.0 Å². The molecule has 24 heavy (non-hydrogen) atoms. The summed E-state index contributed by atoms with van der Waals surface area (Å²) in [5.74, 6) is -0.716. The molecule has 0 saturated heterocycles. The molecule has 1 heterocycles. The first-order valence-electron chi connectivity index (χ1n) is 7.93. The van der Waals surface area contributed by atoms with Crippen molar-refractivity contribution in [3.8, 4) is 5.69 Å². The summed E-state index contributed by atoms with van der Waals surface area (Å²) in [5, 5.41) is 16.0. The SMILES string of the molecule is Cc1nc(C(=O)NC2(C(=O)O)CC2)nn1-c1ccccc1C(C)C. The molecule has 0 aliphatic heterocycles. The molecular weight excluding hydrogens is 308 g/mol. The molecule has 7 nitrogen and oxygen atoms in total. The number of para-hydroxylation sites is 1. The van der Waals surface area contributed by atoms with E-state index in [1.807, 2.05) is 24.3 Å². The summed E-state index contributed by atoms with van der Waals surface area (Å²) in [6.07, 6.45) is 0.869. The van der Waals surface area contributed by atoms with Crippen LogP contribution >= 0.6 is 0 Å². The predicted octanol–water partition coefficient (Wildman–Crippen LogP) is 2.05. The molecule has 1 fully saturated rings.